The lowest BCUT2D eigenvalue weighted by molar-refractivity contribution is -0.116. The molecule has 5 N–H and O–H groups in total. The van der Waals surface area contributed by atoms with Crippen LogP contribution in [0.1, 0.15) is 44.9 Å². The first-order valence-corrected chi connectivity index (χ1v) is 9.72. The summed E-state index contributed by atoms with van der Waals surface area (Å²) < 4.78 is 0. The van der Waals surface area contributed by atoms with Gasteiger partial charge in [0.1, 0.15) is 0 Å². The molecule has 4 fully saturated rings. The zero-order chi connectivity index (χ0) is 18.1. The molecule has 0 aliphatic heterocycles. The van der Waals surface area contributed by atoms with E-state index in [1.54, 1.807) is 12.1 Å². The van der Waals surface area contributed by atoms with Crippen LogP contribution in [0.2, 0.25) is 0 Å². The first-order valence-electron chi connectivity index (χ1n) is 9.72. The summed E-state index contributed by atoms with van der Waals surface area (Å²) in [6, 6.07) is 7.01. The van der Waals surface area contributed by atoms with E-state index < -0.39 is 0 Å². The molecule has 0 unspecified atom stereocenters. The summed E-state index contributed by atoms with van der Waals surface area (Å²) in [6.07, 6.45) is 7.66. The van der Waals surface area contributed by atoms with Crippen molar-refractivity contribution in [2.24, 2.45) is 17.8 Å². The minimum Gasteiger partial charge on any atom is -0.397 e. The molecule has 0 radical (unpaired) electrons. The normalized spacial score (nSPS) is 31.5. The van der Waals surface area contributed by atoms with Crippen molar-refractivity contribution in [1.82, 2.24) is 10.6 Å². The first kappa shape index (κ1) is 17.2. The van der Waals surface area contributed by atoms with E-state index in [4.69, 9.17) is 5.73 Å². The van der Waals surface area contributed by atoms with E-state index in [-0.39, 0.29) is 23.9 Å². The summed E-state index contributed by atoms with van der Waals surface area (Å²) in [4.78, 5) is 24.4. The van der Waals surface area contributed by atoms with Crippen LogP contribution in [0.15, 0.2) is 24.3 Å². The minimum atomic E-state index is -0.155. The van der Waals surface area contributed by atoms with Crippen molar-refractivity contribution in [2.45, 2.75) is 50.5 Å². The van der Waals surface area contributed by atoms with Crippen molar-refractivity contribution in [3.63, 3.8) is 0 Å². The van der Waals surface area contributed by atoms with Crippen LogP contribution in [0.4, 0.5) is 16.2 Å². The number of urea groups is 1. The molecule has 5 rings (SSSR count). The van der Waals surface area contributed by atoms with Crippen LogP contribution >= 0.6 is 0 Å². The maximum Gasteiger partial charge on any atom is 0.315 e. The Bertz CT molecular complexity index is 668. The molecule has 4 aliphatic rings. The number of hydrogen-bond acceptors (Lipinski definition) is 3. The molecule has 3 amide bonds. The Morgan fingerprint density at radius 2 is 1.65 bits per heavy atom. The van der Waals surface area contributed by atoms with Crippen molar-refractivity contribution in [1.29, 1.82) is 0 Å². The Morgan fingerprint density at radius 1 is 1.04 bits per heavy atom. The van der Waals surface area contributed by atoms with Crippen molar-refractivity contribution >= 4 is 23.3 Å². The number of hydrogen-bond donors (Lipinski definition) is 4. The third-order valence-corrected chi connectivity index (χ3v) is 6.29. The van der Waals surface area contributed by atoms with Gasteiger partial charge >= 0.3 is 6.03 Å². The Hall–Kier alpha value is -2.24. The van der Waals surface area contributed by atoms with E-state index in [9.17, 15) is 9.59 Å². The molecule has 4 aliphatic carbocycles. The number of anilines is 2. The Morgan fingerprint density at radius 3 is 2.27 bits per heavy atom. The van der Waals surface area contributed by atoms with Crippen LogP contribution in [0, 0.1) is 17.8 Å². The van der Waals surface area contributed by atoms with Gasteiger partial charge in [0.05, 0.1) is 11.4 Å². The Balaban J connectivity index is 1.22. The number of carbonyl (C=O) groups excluding carboxylic acids is 2. The predicted octanol–water partition coefficient (Wildman–Crippen LogP) is 2.87. The monoisotopic (exact) mass is 356 g/mol. The maximum absolute atomic E-state index is 12.3. The van der Waals surface area contributed by atoms with Crippen LogP contribution in [0.25, 0.3) is 0 Å². The summed E-state index contributed by atoms with van der Waals surface area (Å²) in [5.74, 6) is 2.23. The lowest BCUT2D eigenvalue weighted by Crippen LogP contribution is -2.61. The van der Waals surface area contributed by atoms with E-state index in [0.717, 1.165) is 37.0 Å². The van der Waals surface area contributed by atoms with Gasteiger partial charge in [-0.3, -0.25) is 4.79 Å². The predicted molar refractivity (Wildman–Crippen MR) is 102 cm³/mol. The van der Waals surface area contributed by atoms with Gasteiger partial charge in [-0.2, -0.15) is 0 Å². The molecular formula is C20H28N4O2. The average Bonchev–Trinajstić information content (AvgIpc) is 2.55. The van der Waals surface area contributed by atoms with E-state index >= 15 is 0 Å². The van der Waals surface area contributed by atoms with E-state index in [1.807, 2.05) is 12.1 Å². The molecule has 26 heavy (non-hydrogen) atoms. The van der Waals surface area contributed by atoms with Crippen molar-refractivity contribution in [2.75, 3.05) is 17.6 Å². The van der Waals surface area contributed by atoms with Gasteiger partial charge < -0.3 is 21.7 Å². The fourth-order valence-electron chi connectivity index (χ4n) is 5.66. The second kappa shape index (κ2) is 6.82. The average molecular weight is 356 g/mol. The molecule has 1 aromatic rings. The summed E-state index contributed by atoms with van der Waals surface area (Å²) in [5, 5.41) is 8.88. The fourth-order valence-corrected chi connectivity index (χ4v) is 5.66. The van der Waals surface area contributed by atoms with Crippen LogP contribution in [-0.2, 0) is 4.79 Å². The number of nitrogen functional groups attached to an aromatic ring is 1. The summed E-state index contributed by atoms with van der Waals surface area (Å²) in [5.41, 5.74) is 6.96. The van der Waals surface area contributed by atoms with E-state index in [2.05, 4.69) is 16.0 Å². The number of rotatable bonds is 5. The second-order valence-electron chi connectivity index (χ2n) is 8.46. The van der Waals surface area contributed by atoms with Crippen LogP contribution in [0.3, 0.4) is 0 Å². The molecule has 0 heterocycles. The molecule has 4 saturated carbocycles. The molecule has 1 aromatic carbocycles. The van der Waals surface area contributed by atoms with Gasteiger partial charge in [-0.1, -0.05) is 12.1 Å². The van der Waals surface area contributed by atoms with Crippen molar-refractivity contribution in [3.05, 3.63) is 24.3 Å². The highest BCUT2D eigenvalue weighted by Crippen LogP contribution is 2.55. The zero-order valence-corrected chi connectivity index (χ0v) is 15.1. The first-order chi connectivity index (χ1) is 12.5. The van der Waals surface area contributed by atoms with Crippen molar-refractivity contribution in [3.8, 4) is 0 Å². The number of nitrogens with two attached hydrogens (primary N) is 1. The quantitative estimate of drug-likeness (QED) is 0.611. The fraction of sp³-hybridized carbons (Fsp3) is 0.600. The lowest BCUT2D eigenvalue weighted by Gasteiger charge is -2.56. The van der Waals surface area contributed by atoms with Crippen molar-refractivity contribution < 1.29 is 9.59 Å². The van der Waals surface area contributed by atoms with Crippen LogP contribution in [0.5, 0.6) is 0 Å². The molecule has 0 saturated heterocycles. The Kier molecular flexibility index (Phi) is 4.51. The topological polar surface area (TPSA) is 96.2 Å². The summed E-state index contributed by atoms with van der Waals surface area (Å²) >= 11 is 0. The Labute approximate surface area is 154 Å². The number of para-hydroxylation sites is 2. The van der Waals surface area contributed by atoms with Gasteiger partial charge in [0.2, 0.25) is 5.91 Å². The highest BCUT2D eigenvalue weighted by molar-refractivity contribution is 5.94. The third-order valence-electron chi connectivity index (χ3n) is 6.29. The largest absolute Gasteiger partial charge is 0.397 e. The number of carbonyl (C=O) groups is 2. The minimum absolute atomic E-state index is 0.000415. The van der Waals surface area contributed by atoms with Gasteiger partial charge in [0.25, 0.3) is 0 Å². The maximum atomic E-state index is 12.3. The lowest BCUT2D eigenvalue weighted by atomic mass is 9.53. The molecule has 0 atom stereocenters. The van der Waals surface area contributed by atoms with Crippen LogP contribution in [-0.4, -0.2) is 24.0 Å². The molecule has 0 aromatic heterocycles. The standard InChI is InChI=1S/C20H28N4O2/c21-16-3-1-2-4-17(16)23-18(25)5-6-22-19(26)24-20-10-13-7-14(11-20)9-15(8-13)12-20/h1-4,13-15H,5-12,21H2,(H,23,25)(H2,22,24,26). The highest BCUT2D eigenvalue weighted by atomic mass is 16.2. The highest BCUT2D eigenvalue weighted by Gasteiger charge is 2.51. The second-order valence-corrected chi connectivity index (χ2v) is 8.46. The van der Waals surface area contributed by atoms with E-state index in [1.165, 1.54) is 19.3 Å². The summed E-state index contributed by atoms with van der Waals surface area (Å²) in [6.45, 7) is 0.316. The molecule has 140 valence electrons. The molecular weight excluding hydrogens is 328 g/mol. The number of benzene rings is 1. The third kappa shape index (κ3) is 3.64. The van der Waals surface area contributed by atoms with Gasteiger partial charge in [-0.05, 0) is 68.4 Å². The molecule has 6 nitrogen and oxygen atoms in total. The number of nitrogens with one attached hydrogen (secondary N) is 3. The van der Waals surface area contributed by atoms with Gasteiger partial charge in [0.15, 0.2) is 0 Å². The molecule has 4 bridgehead atoms. The molecule has 6 heteroatoms. The van der Waals surface area contributed by atoms with Gasteiger partial charge in [0, 0.05) is 18.5 Å². The van der Waals surface area contributed by atoms with E-state index in [0.29, 0.717) is 17.9 Å². The molecule has 0 spiro atoms. The SMILES string of the molecule is Nc1ccccc1NC(=O)CCNC(=O)NC12CC3CC(CC(C3)C1)C2. The summed E-state index contributed by atoms with van der Waals surface area (Å²) in [7, 11) is 0. The van der Waals surface area contributed by atoms with Crippen LogP contribution < -0.4 is 21.7 Å². The zero-order valence-electron chi connectivity index (χ0n) is 15.1. The van der Waals surface area contributed by atoms with Gasteiger partial charge in [-0.25, -0.2) is 4.79 Å². The smallest absolute Gasteiger partial charge is 0.315 e. The number of amides is 3. The van der Waals surface area contributed by atoms with Gasteiger partial charge in [-0.15, -0.1) is 0 Å².